The monoisotopic (exact) mass is 291 g/mol. The van der Waals surface area contributed by atoms with E-state index in [-0.39, 0.29) is 12.5 Å². The van der Waals surface area contributed by atoms with Crippen molar-refractivity contribution in [2.24, 2.45) is 5.92 Å². The quantitative estimate of drug-likeness (QED) is 0.860. The molecule has 1 aliphatic carbocycles. The van der Waals surface area contributed by atoms with Crippen LogP contribution in [0.5, 0.6) is 0 Å². The van der Waals surface area contributed by atoms with Crippen LogP contribution >= 0.6 is 11.3 Å². The lowest BCUT2D eigenvalue weighted by molar-refractivity contribution is -0.121. The van der Waals surface area contributed by atoms with Crippen LogP contribution in [-0.4, -0.2) is 17.6 Å². The van der Waals surface area contributed by atoms with Crippen LogP contribution in [0.25, 0.3) is 10.6 Å². The molecule has 2 N–H and O–H groups in total. The van der Waals surface area contributed by atoms with Gasteiger partial charge in [-0.05, 0) is 43.0 Å². The minimum absolute atomic E-state index is 0.0364. The number of hydrogen-bond acceptors (Lipinski definition) is 4. The molecule has 2 aromatic heterocycles. The molecular formula is C15H17NO3S. The number of rotatable bonds is 6. The molecule has 1 amide bonds. The van der Waals surface area contributed by atoms with E-state index in [1.807, 2.05) is 24.3 Å². The van der Waals surface area contributed by atoms with E-state index in [9.17, 15) is 9.90 Å². The van der Waals surface area contributed by atoms with Crippen LogP contribution in [-0.2, 0) is 4.79 Å². The van der Waals surface area contributed by atoms with Gasteiger partial charge in [0, 0.05) is 17.8 Å². The van der Waals surface area contributed by atoms with Gasteiger partial charge in [0.05, 0.1) is 11.1 Å². The summed E-state index contributed by atoms with van der Waals surface area (Å²) in [7, 11) is 0. The molecule has 1 atom stereocenters. The standard InChI is InChI=1S/C15H17NO3S/c17-11(9-16-15(18)8-10-3-4-10)13-5-6-14(20-13)12-2-1-7-19-12/h1-2,5-7,10-11,17H,3-4,8-9H2,(H,16,18). The Morgan fingerprint density at radius 2 is 2.30 bits per heavy atom. The van der Waals surface area contributed by atoms with E-state index in [0.717, 1.165) is 28.4 Å². The van der Waals surface area contributed by atoms with Gasteiger partial charge in [-0.3, -0.25) is 4.79 Å². The van der Waals surface area contributed by atoms with Crippen molar-refractivity contribution < 1.29 is 14.3 Å². The summed E-state index contributed by atoms with van der Waals surface area (Å²) in [5.74, 6) is 1.40. The van der Waals surface area contributed by atoms with Crippen molar-refractivity contribution in [2.45, 2.75) is 25.4 Å². The van der Waals surface area contributed by atoms with Gasteiger partial charge in [0.25, 0.3) is 0 Å². The smallest absolute Gasteiger partial charge is 0.220 e. The van der Waals surface area contributed by atoms with E-state index < -0.39 is 6.10 Å². The molecule has 2 heterocycles. The summed E-state index contributed by atoms with van der Waals surface area (Å²) in [6.07, 6.45) is 3.88. The summed E-state index contributed by atoms with van der Waals surface area (Å²) in [4.78, 5) is 13.4. The second kappa shape index (κ2) is 5.81. The number of carbonyl (C=O) groups is 1. The average molecular weight is 291 g/mol. The molecule has 2 aromatic rings. The Kier molecular flexibility index (Phi) is 3.89. The minimum atomic E-state index is -0.660. The SMILES string of the molecule is O=C(CC1CC1)NCC(O)c1ccc(-c2ccco2)s1. The fourth-order valence-electron chi connectivity index (χ4n) is 2.05. The van der Waals surface area contributed by atoms with Crippen molar-refractivity contribution >= 4 is 17.2 Å². The summed E-state index contributed by atoms with van der Waals surface area (Å²) in [6.45, 7) is 0.268. The molecule has 0 spiro atoms. The first kappa shape index (κ1) is 13.4. The van der Waals surface area contributed by atoms with E-state index >= 15 is 0 Å². The summed E-state index contributed by atoms with van der Waals surface area (Å²) < 4.78 is 5.32. The van der Waals surface area contributed by atoms with E-state index in [2.05, 4.69) is 5.32 Å². The van der Waals surface area contributed by atoms with E-state index in [0.29, 0.717) is 12.3 Å². The zero-order valence-corrected chi connectivity index (χ0v) is 11.9. The third-order valence-corrected chi connectivity index (χ3v) is 4.58. The van der Waals surface area contributed by atoms with Gasteiger partial charge in [0.1, 0.15) is 11.9 Å². The first-order chi connectivity index (χ1) is 9.72. The third kappa shape index (κ3) is 3.29. The van der Waals surface area contributed by atoms with Crippen molar-refractivity contribution in [1.82, 2.24) is 5.32 Å². The molecule has 3 rings (SSSR count). The van der Waals surface area contributed by atoms with E-state index in [4.69, 9.17) is 4.42 Å². The summed E-state index contributed by atoms with van der Waals surface area (Å²) >= 11 is 1.48. The molecule has 5 heteroatoms. The highest BCUT2D eigenvalue weighted by Gasteiger charge is 2.24. The van der Waals surface area contributed by atoms with Crippen molar-refractivity contribution in [3.63, 3.8) is 0 Å². The fraction of sp³-hybridized carbons (Fsp3) is 0.400. The number of amides is 1. The second-order valence-corrected chi connectivity index (χ2v) is 6.26. The molecule has 0 bridgehead atoms. The number of thiophene rings is 1. The Morgan fingerprint density at radius 3 is 3.00 bits per heavy atom. The Hall–Kier alpha value is -1.59. The molecule has 0 radical (unpaired) electrons. The number of aliphatic hydroxyl groups excluding tert-OH is 1. The summed E-state index contributed by atoms with van der Waals surface area (Å²) in [6, 6.07) is 7.52. The Bertz CT molecular complexity index is 572. The third-order valence-electron chi connectivity index (χ3n) is 3.38. The molecule has 0 aromatic carbocycles. The van der Waals surface area contributed by atoms with Crippen LogP contribution < -0.4 is 5.32 Å². The summed E-state index contributed by atoms with van der Waals surface area (Å²) in [5, 5.41) is 12.9. The Labute approximate surface area is 121 Å². The largest absolute Gasteiger partial charge is 0.464 e. The molecule has 1 fully saturated rings. The predicted octanol–water partition coefficient (Wildman–Crippen LogP) is 2.96. The van der Waals surface area contributed by atoms with Gasteiger partial charge >= 0.3 is 0 Å². The number of carbonyl (C=O) groups excluding carboxylic acids is 1. The maximum absolute atomic E-state index is 11.6. The molecule has 20 heavy (non-hydrogen) atoms. The van der Waals surface area contributed by atoms with Crippen LogP contribution in [0.4, 0.5) is 0 Å². The molecule has 1 unspecified atom stereocenters. The first-order valence-electron chi connectivity index (χ1n) is 6.81. The number of nitrogens with one attached hydrogen (secondary N) is 1. The van der Waals surface area contributed by atoms with Crippen LogP contribution in [0.3, 0.4) is 0 Å². The summed E-state index contributed by atoms with van der Waals surface area (Å²) in [5.41, 5.74) is 0. The van der Waals surface area contributed by atoms with Gasteiger partial charge in [-0.15, -0.1) is 11.3 Å². The average Bonchev–Trinajstić information content (AvgIpc) is 2.97. The van der Waals surface area contributed by atoms with Crippen LogP contribution in [0, 0.1) is 5.92 Å². The number of aliphatic hydroxyl groups is 1. The molecule has 1 aliphatic rings. The second-order valence-electron chi connectivity index (χ2n) is 5.15. The zero-order valence-electron chi connectivity index (χ0n) is 11.0. The first-order valence-corrected chi connectivity index (χ1v) is 7.62. The highest BCUT2D eigenvalue weighted by molar-refractivity contribution is 7.15. The van der Waals surface area contributed by atoms with Crippen molar-refractivity contribution in [1.29, 1.82) is 0 Å². The van der Waals surface area contributed by atoms with Crippen molar-refractivity contribution in [3.05, 3.63) is 35.4 Å². The highest BCUT2D eigenvalue weighted by atomic mass is 32.1. The highest BCUT2D eigenvalue weighted by Crippen LogP contribution is 2.33. The molecule has 1 saturated carbocycles. The minimum Gasteiger partial charge on any atom is -0.464 e. The lowest BCUT2D eigenvalue weighted by Gasteiger charge is -2.09. The van der Waals surface area contributed by atoms with Crippen LogP contribution in [0.1, 0.15) is 30.2 Å². The lowest BCUT2D eigenvalue weighted by atomic mass is 10.2. The van der Waals surface area contributed by atoms with Crippen molar-refractivity contribution in [3.8, 4) is 10.6 Å². The van der Waals surface area contributed by atoms with Crippen LogP contribution in [0.15, 0.2) is 34.9 Å². The van der Waals surface area contributed by atoms with Gasteiger partial charge < -0.3 is 14.8 Å². The number of hydrogen-bond donors (Lipinski definition) is 2. The topological polar surface area (TPSA) is 62.5 Å². The van der Waals surface area contributed by atoms with Crippen LogP contribution in [0.2, 0.25) is 0 Å². The normalized spacial score (nSPS) is 16.1. The molecular weight excluding hydrogens is 274 g/mol. The maximum atomic E-state index is 11.6. The van der Waals surface area contributed by atoms with Gasteiger partial charge in [-0.1, -0.05) is 0 Å². The fourth-order valence-corrected chi connectivity index (χ4v) is 3.01. The maximum Gasteiger partial charge on any atom is 0.220 e. The van der Waals surface area contributed by atoms with Crippen molar-refractivity contribution in [2.75, 3.05) is 6.54 Å². The van der Waals surface area contributed by atoms with Gasteiger partial charge in [-0.2, -0.15) is 0 Å². The molecule has 0 aliphatic heterocycles. The molecule has 106 valence electrons. The van der Waals surface area contributed by atoms with E-state index in [1.165, 1.54) is 11.3 Å². The lowest BCUT2D eigenvalue weighted by Crippen LogP contribution is -2.28. The predicted molar refractivity (Wildman–Crippen MR) is 77.3 cm³/mol. The Balaban J connectivity index is 1.54. The molecule has 0 saturated heterocycles. The zero-order chi connectivity index (χ0) is 13.9. The number of furan rings is 1. The van der Waals surface area contributed by atoms with Gasteiger partial charge in [-0.25, -0.2) is 0 Å². The molecule has 4 nitrogen and oxygen atoms in total. The van der Waals surface area contributed by atoms with Gasteiger partial charge in [0.2, 0.25) is 5.91 Å². The Morgan fingerprint density at radius 1 is 1.45 bits per heavy atom. The van der Waals surface area contributed by atoms with Gasteiger partial charge in [0.15, 0.2) is 0 Å². The van der Waals surface area contributed by atoms with E-state index in [1.54, 1.807) is 6.26 Å².